The molecule has 0 fully saturated rings. The van der Waals surface area contributed by atoms with Gasteiger partial charge >= 0.3 is 0 Å². The number of phenolic OH excluding ortho intramolecular Hbond substituents is 1. The van der Waals surface area contributed by atoms with Crippen LogP contribution in [0, 0.1) is 0 Å². The molecule has 86 valence electrons. The number of benzene rings is 1. The summed E-state index contributed by atoms with van der Waals surface area (Å²) in [5.41, 5.74) is 2.47. The van der Waals surface area contributed by atoms with Crippen LogP contribution in [-0.4, -0.2) is 37.3 Å². The predicted molar refractivity (Wildman–Crippen MR) is 64.7 cm³/mol. The molecule has 1 aromatic rings. The lowest BCUT2D eigenvalue weighted by molar-refractivity contribution is 0.368. The standard InChI is InChI=1S/C13H17NO2/c1-14-7-5-10(6-8-14)11-3-4-12(15)13(9-11)16-2/h3-5,9,15H,6-8H2,1-2H3. The second-order valence-corrected chi connectivity index (χ2v) is 4.13. The van der Waals surface area contributed by atoms with E-state index in [2.05, 4.69) is 18.0 Å². The number of methoxy groups -OCH3 is 1. The van der Waals surface area contributed by atoms with E-state index in [4.69, 9.17) is 4.74 Å². The zero-order chi connectivity index (χ0) is 11.5. The highest BCUT2D eigenvalue weighted by molar-refractivity contribution is 5.68. The Kier molecular flexibility index (Phi) is 3.15. The second kappa shape index (κ2) is 4.58. The van der Waals surface area contributed by atoms with Gasteiger partial charge in [-0.2, -0.15) is 0 Å². The molecule has 1 heterocycles. The number of ether oxygens (including phenoxy) is 1. The Morgan fingerprint density at radius 1 is 1.38 bits per heavy atom. The molecule has 0 spiro atoms. The fourth-order valence-corrected chi connectivity index (χ4v) is 1.91. The molecule has 3 nitrogen and oxygen atoms in total. The van der Waals surface area contributed by atoms with E-state index in [0.717, 1.165) is 25.1 Å². The highest BCUT2D eigenvalue weighted by atomic mass is 16.5. The van der Waals surface area contributed by atoms with E-state index < -0.39 is 0 Å². The Balaban J connectivity index is 2.27. The molecular weight excluding hydrogens is 202 g/mol. The summed E-state index contributed by atoms with van der Waals surface area (Å²) in [5, 5.41) is 9.52. The minimum absolute atomic E-state index is 0.194. The van der Waals surface area contributed by atoms with E-state index in [0.29, 0.717) is 5.75 Å². The van der Waals surface area contributed by atoms with Crippen LogP contribution >= 0.6 is 0 Å². The van der Waals surface area contributed by atoms with Crippen molar-refractivity contribution in [3.8, 4) is 11.5 Å². The SMILES string of the molecule is COc1cc(C2=CCN(C)CC2)ccc1O. The summed E-state index contributed by atoms with van der Waals surface area (Å²) in [4.78, 5) is 2.28. The van der Waals surface area contributed by atoms with Crippen LogP contribution < -0.4 is 4.74 Å². The Bertz CT molecular complexity index is 412. The molecule has 1 aliphatic heterocycles. The van der Waals surface area contributed by atoms with Crippen molar-refractivity contribution in [1.82, 2.24) is 4.90 Å². The first-order valence-corrected chi connectivity index (χ1v) is 5.45. The molecule has 2 rings (SSSR count). The number of hydrogen-bond donors (Lipinski definition) is 1. The summed E-state index contributed by atoms with van der Waals surface area (Å²) in [6.07, 6.45) is 3.28. The highest BCUT2D eigenvalue weighted by Gasteiger charge is 2.11. The fourth-order valence-electron chi connectivity index (χ4n) is 1.91. The van der Waals surface area contributed by atoms with E-state index in [9.17, 15) is 5.11 Å². The molecule has 0 aromatic heterocycles. The number of aromatic hydroxyl groups is 1. The van der Waals surface area contributed by atoms with Gasteiger partial charge in [0.15, 0.2) is 11.5 Å². The maximum absolute atomic E-state index is 9.52. The van der Waals surface area contributed by atoms with Gasteiger partial charge < -0.3 is 14.7 Å². The number of nitrogens with zero attached hydrogens (tertiary/aromatic N) is 1. The molecule has 1 N–H and O–H groups in total. The third kappa shape index (κ3) is 2.19. The van der Waals surface area contributed by atoms with Gasteiger partial charge in [0, 0.05) is 13.1 Å². The van der Waals surface area contributed by atoms with Gasteiger partial charge in [-0.3, -0.25) is 0 Å². The Morgan fingerprint density at radius 3 is 2.81 bits per heavy atom. The monoisotopic (exact) mass is 219 g/mol. The van der Waals surface area contributed by atoms with Crippen LogP contribution in [0.15, 0.2) is 24.3 Å². The van der Waals surface area contributed by atoms with Gasteiger partial charge in [-0.1, -0.05) is 12.1 Å². The van der Waals surface area contributed by atoms with Gasteiger partial charge in [-0.25, -0.2) is 0 Å². The van der Waals surface area contributed by atoms with Crippen molar-refractivity contribution in [1.29, 1.82) is 0 Å². The van der Waals surface area contributed by atoms with Gasteiger partial charge in [0.2, 0.25) is 0 Å². The first-order valence-electron chi connectivity index (χ1n) is 5.45. The summed E-state index contributed by atoms with van der Waals surface area (Å²) < 4.78 is 5.11. The van der Waals surface area contributed by atoms with Crippen molar-refractivity contribution in [2.75, 3.05) is 27.2 Å². The Morgan fingerprint density at radius 2 is 2.19 bits per heavy atom. The molecule has 3 heteroatoms. The molecular formula is C13H17NO2. The van der Waals surface area contributed by atoms with Crippen LogP contribution in [0.5, 0.6) is 11.5 Å². The molecule has 0 bridgehead atoms. The quantitative estimate of drug-likeness (QED) is 0.827. The summed E-state index contributed by atoms with van der Waals surface area (Å²) in [6, 6.07) is 5.52. The van der Waals surface area contributed by atoms with Gasteiger partial charge in [-0.05, 0) is 36.7 Å². The first-order chi connectivity index (χ1) is 7.70. The van der Waals surface area contributed by atoms with E-state index in [1.165, 1.54) is 5.57 Å². The van der Waals surface area contributed by atoms with Crippen molar-refractivity contribution in [2.24, 2.45) is 0 Å². The zero-order valence-corrected chi connectivity index (χ0v) is 9.73. The van der Waals surface area contributed by atoms with Crippen molar-refractivity contribution in [2.45, 2.75) is 6.42 Å². The number of phenols is 1. The lowest BCUT2D eigenvalue weighted by atomic mass is 9.99. The van der Waals surface area contributed by atoms with Crippen molar-refractivity contribution >= 4 is 5.57 Å². The molecule has 0 unspecified atom stereocenters. The van der Waals surface area contributed by atoms with Crippen LogP contribution in [0.3, 0.4) is 0 Å². The summed E-state index contributed by atoms with van der Waals surface area (Å²) in [6.45, 7) is 2.06. The lowest BCUT2D eigenvalue weighted by Crippen LogP contribution is -2.23. The number of rotatable bonds is 2. The van der Waals surface area contributed by atoms with Crippen LogP contribution in [0.2, 0.25) is 0 Å². The topological polar surface area (TPSA) is 32.7 Å². The van der Waals surface area contributed by atoms with Crippen molar-refractivity contribution in [3.05, 3.63) is 29.8 Å². The lowest BCUT2D eigenvalue weighted by Gasteiger charge is -2.22. The molecule has 0 aliphatic carbocycles. The largest absolute Gasteiger partial charge is 0.504 e. The zero-order valence-electron chi connectivity index (χ0n) is 9.73. The van der Waals surface area contributed by atoms with E-state index in [1.54, 1.807) is 13.2 Å². The highest BCUT2D eigenvalue weighted by Crippen LogP contribution is 2.31. The normalized spacial score (nSPS) is 17.0. The molecule has 0 atom stereocenters. The molecule has 0 saturated carbocycles. The molecule has 16 heavy (non-hydrogen) atoms. The molecule has 1 aromatic carbocycles. The smallest absolute Gasteiger partial charge is 0.161 e. The van der Waals surface area contributed by atoms with Gasteiger partial charge in [0.25, 0.3) is 0 Å². The minimum Gasteiger partial charge on any atom is -0.504 e. The van der Waals surface area contributed by atoms with Gasteiger partial charge in [0.05, 0.1) is 7.11 Å². The summed E-state index contributed by atoms with van der Waals surface area (Å²) >= 11 is 0. The van der Waals surface area contributed by atoms with E-state index in [1.807, 2.05) is 12.1 Å². The second-order valence-electron chi connectivity index (χ2n) is 4.13. The maximum Gasteiger partial charge on any atom is 0.161 e. The van der Waals surface area contributed by atoms with Gasteiger partial charge in [0.1, 0.15) is 0 Å². The third-order valence-corrected chi connectivity index (χ3v) is 2.96. The average molecular weight is 219 g/mol. The molecule has 0 radical (unpaired) electrons. The fraction of sp³-hybridized carbons (Fsp3) is 0.385. The molecule has 0 saturated heterocycles. The predicted octanol–water partition coefficient (Wildman–Crippen LogP) is 2.12. The first kappa shape index (κ1) is 11.0. The summed E-state index contributed by atoms with van der Waals surface area (Å²) in [5.74, 6) is 0.733. The van der Waals surface area contributed by atoms with Crippen LogP contribution in [-0.2, 0) is 0 Å². The van der Waals surface area contributed by atoms with Gasteiger partial charge in [-0.15, -0.1) is 0 Å². The van der Waals surface area contributed by atoms with Crippen LogP contribution in [0.4, 0.5) is 0 Å². The number of likely N-dealkylation sites (N-methyl/N-ethyl adjacent to an activating group) is 1. The van der Waals surface area contributed by atoms with Crippen molar-refractivity contribution in [3.63, 3.8) is 0 Å². The maximum atomic E-state index is 9.52. The molecule has 0 amide bonds. The summed E-state index contributed by atoms with van der Waals surface area (Å²) in [7, 11) is 3.69. The van der Waals surface area contributed by atoms with Crippen LogP contribution in [0.25, 0.3) is 5.57 Å². The molecule has 1 aliphatic rings. The van der Waals surface area contributed by atoms with Crippen LogP contribution in [0.1, 0.15) is 12.0 Å². The average Bonchev–Trinajstić information content (AvgIpc) is 2.31. The number of hydrogen-bond acceptors (Lipinski definition) is 3. The van der Waals surface area contributed by atoms with E-state index >= 15 is 0 Å². The minimum atomic E-state index is 0.194. The third-order valence-electron chi connectivity index (χ3n) is 2.96. The van der Waals surface area contributed by atoms with Crippen molar-refractivity contribution < 1.29 is 9.84 Å². The Hall–Kier alpha value is -1.48. The Labute approximate surface area is 96.0 Å². The van der Waals surface area contributed by atoms with E-state index in [-0.39, 0.29) is 5.75 Å².